The van der Waals surface area contributed by atoms with Gasteiger partial charge >= 0.3 is 0 Å². The highest BCUT2D eigenvalue weighted by Gasteiger charge is 2.44. The lowest BCUT2D eigenvalue weighted by Crippen LogP contribution is -2.60. The van der Waals surface area contributed by atoms with Gasteiger partial charge in [-0.05, 0) is 17.7 Å². The molecule has 0 aliphatic carbocycles. The van der Waals surface area contributed by atoms with Crippen LogP contribution >= 0.6 is 0 Å². The number of rotatable bonds is 4. The molecule has 7 nitrogen and oxygen atoms in total. The zero-order chi connectivity index (χ0) is 14.7. The van der Waals surface area contributed by atoms with Crippen molar-refractivity contribution >= 4 is 0 Å². The maximum atomic E-state index is 9.80. The van der Waals surface area contributed by atoms with E-state index in [-0.39, 0.29) is 6.61 Å². The first kappa shape index (κ1) is 15.2. The Morgan fingerprint density at radius 2 is 1.60 bits per heavy atom. The summed E-state index contributed by atoms with van der Waals surface area (Å²) in [6.45, 7) is -0.603. The first-order valence-corrected chi connectivity index (χ1v) is 6.23. The zero-order valence-corrected chi connectivity index (χ0v) is 10.7. The van der Waals surface area contributed by atoms with Crippen LogP contribution in [0, 0.1) is 0 Å². The van der Waals surface area contributed by atoms with E-state index in [0.717, 1.165) is 0 Å². The predicted octanol–water partition coefficient (Wildman–Crippen LogP) is -1.64. The third-order valence-electron chi connectivity index (χ3n) is 3.21. The Bertz CT molecular complexity index is 419. The van der Waals surface area contributed by atoms with Gasteiger partial charge in [0.1, 0.15) is 30.2 Å². The molecule has 112 valence electrons. The fourth-order valence-corrected chi connectivity index (χ4v) is 1.97. The van der Waals surface area contributed by atoms with Gasteiger partial charge in [-0.3, -0.25) is 0 Å². The minimum atomic E-state index is -1.47. The molecule has 0 saturated carbocycles. The van der Waals surface area contributed by atoms with Crippen molar-refractivity contribution in [2.24, 2.45) is 0 Å². The summed E-state index contributed by atoms with van der Waals surface area (Å²) in [4.78, 5) is 0. The van der Waals surface area contributed by atoms with Gasteiger partial charge in [0.2, 0.25) is 6.29 Å². The van der Waals surface area contributed by atoms with Gasteiger partial charge in [-0.1, -0.05) is 12.1 Å². The standard InChI is InChI=1S/C13H18O7/c14-5-7-1-3-8(4-2-7)19-13-12(18)11(17)10(16)9(6-15)20-13/h1-4,9-18H,5-6H2/t9?,10?,11?,12?,13-/m1/s1. The van der Waals surface area contributed by atoms with Crippen LogP contribution in [0.3, 0.4) is 0 Å². The summed E-state index contributed by atoms with van der Waals surface area (Å²) in [5.41, 5.74) is 0.700. The summed E-state index contributed by atoms with van der Waals surface area (Å²) in [7, 11) is 0. The van der Waals surface area contributed by atoms with Crippen LogP contribution in [-0.4, -0.2) is 62.8 Å². The van der Waals surface area contributed by atoms with Gasteiger partial charge in [0.15, 0.2) is 0 Å². The Hall–Kier alpha value is -1.22. The molecule has 1 heterocycles. The Morgan fingerprint density at radius 3 is 2.15 bits per heavy atom. The summed E-state index contributed by atoms with van der Waals surface area (Å²) in [6, 6.07) is 6.43. The van der Waals surface area contributed by atoms with E-state index >= 15 is 0 Å². The van der Waals surface area contributed by atoms with Crippen LogP contribution in [0.1, 0.15) is 5.56 Å². The lowest BCUT2D eigenvalue weighted by atomic mass is 9.99. The molecule has 20 heavy (non-hydrogen) atoms. The smallest absolute Gasteiger partial charge is 0.229 e. The highest BCUT2D eigenvalue weighted by Crippen LogP contribution is 2.24. The van der Waals surface area contributed by atoms with Crippen LogP contribution in [0.4, 0.5) is 0 Å². The molecule has 0 bridgehead atoms. The van der Waals surface area contributed by atoms with E-state index in [1.807, 2.05) is 0 Å². The molecule has 1 aromatic rings. The molecule has 1 aromatic carbocycles. The number of aliphatic hydroxyl groups excluding tert-OH is 5. The first-order valence-electron chi connectivity index (χ1n) is 6.23. The molecule has 1 aliphatic heterocycles. The molecule has 0 spiro atoms. The van der Waals surface area contributed by atoms with E-state index in [1.165, 1.54) is 0 Å². The number of hydrogen-bond donors (Lipinski definition) is 5. The van der Waals surface area contributed by atoms with Gasteiger partial charge in [0.05, 0.1) is 13.2 Å². The van der Waals surface area contributed by atoms with Gasteiger partial charge in [-0.2, -0.15) is 0 Å². The van der Waals surface area contributed by atoms with Crippen molar-refractivity contribution in [1.82, 2.24) is 0 Å². The van der Waals surface area contributed by atoms with Crippen molar-refractivity contribution in [2.75, 3.05) is 6.61 Å². The van der Waals surface area contributed by atoms with Crippen LogP contribution in [0.2, 0.25) is 0 Å². The second kappa shape index (κ2) is 6.49. The van der Waals surface area contributed by atoms with Gasteiger partial charge < -0.3 is 35.0 Å². The van der Waals surface area contributed by atoms with E-state index in [2.05, 4.69) is 0 Å². The molecule has 0 radical (unpaired) electrons. The van der Waals surface area contributed by atoms with E-state index in [9.17, 15) is 15.3 Å². The van der Waals surface area contributed by atoms with Crippen LogP contribution in [-0.2, 0) is 11.3 Å². The van der Waals surface area contributed by atoms with Gasteiger partial charge in [-0.15, -0.1) is 0 Å². The average Bonchev–Trinajstić information content (AvgIpc) is 2.48. The highest BCUT2D eigenvalue weighted by atomic mass is 16.7. The van der Waals surface area contributed by atoms with E-state index in [4.69, 9.17) is 19.7 Å². The quantitative estimate of drug-likeness (QED) is 0.450. The third-order valence-corrected chi connectivity index (χ3v) is 3.21. The van der Waals surface area contributed by atoms with Crippen LogP contribution in [0.25, 0.3) is 0 Å². The summed E-state index contributed by atoms with van der Waals surface area (Å²) in [5, 5.41) is 47.0. The number of ether oxygens (including phenoxy) is 2. The Morgan fingerprint density at radius 1 is 0.950 bits per heavy atom. The van der Waals surface area contributed by atoms with E-state index in [1.54, 1.807) is 24.3 Å². The molecular weight excluding hydrogens is 268 g/mol. The maximum absolute atomic E-state index is 9.80. The lowest BCUT2D eigenvalue weighted by molar-refractivity contribution is -0.277. The molecule has 1 fully saturated rings. The second-order valence-corrected chi connectivity index (χ2v) is 4.62. The van der Waals surface area contributed by atoms with E-state index < -0.39 is 37.3 Å². The average molecular weight is 286 g/mol. The zero-order valence-electron chi connectivity index (χ0n) is 10.7. The number of aliphatic hydroxyl groups is 5. The predicted molar refractivity (Wildman–Crippen MR) is 66.8 cm³/mol. The first-order chi connectivity index (χ1) is 9.56. The second-order valence-electron chi connectivity index (χ2n) is 4.62. The Labute approximate surface area is 115 Å². The van der Waals surface area contributed by atoms with E-state index in [0.29, 0.717) is 11.3 Å². The monoisotopic (exact) mass is 286 g/mol. The molecule has 1 aliphatic rings. The van der Waals surface area contributed by atoms with Crippen molar-refractivity contribution in [3.63, 3.8) is 0 Å². The van der Waals surface area contributed by atoms with Gasteiger partial charge in [0.25, 0.3) is 0 Å². The minimum absolute atomic E-state index is 0.0969. The molecule has 4 unspecified atom stereocenters. The third kappa shape index (κ3) is 3.09. The van der Waals surface area contributed by atoms with Crippen molar-refractivity contribution in [3.8, 4) is 5.75 Å². The van der Waals surface area contributed by atoms with Gasteiger partial charge in [0, 0.05) is 0 Å². The SMILES string of the molecule is OCc1ccc(O[C@@H]2OC(CO)C(O)C(O)C2O)cc1. The summed E-state index contributed by atoms with van der Waals surface area (Å²) >= 11 is 0. The van der Waals surface area contributed by atoms with Crippen LogP contribution in [0.15, 0.2) is 24.3 Å². The number of benzene rings is 1. The normalized spacial score (nSPS) is 34.0. The fourth-order valence-electron chi connectivity index (χ4n) is 1.97. The summed E-state index contributed by atoms with van der Waals surface area (Å²) < 4.78 is 10.6. The number of hydrogen-bond acceptors (Lipinski definition) is 7. The largest absolute Gasteiger partial charge is 0.462 e. The minimum Gasteiger partial charge on any atom is -0.462 e. The van der Waals surface area contributed by atoms with Crippen LogP contribution in [0.5, 0.6) is 5.75 Å². The van der Waals surface area contributed by atoms with Crippen molar-refractivity contribution in [1.29, 1.82) is 0 Å². The summed E-state index contributed by atoms with van der Waals surface area (Å²) in [5.74, 6) is 0.367. The van der Waals surface area contributed by atoms with Crippen molar-refractivity contribution < 1.29 is 35.0 Å². The topological polar surface area (TPSA) is 120 Å². The molecule has 1 saturated heterocycles. The van der Waals surface area contributed by atoms with Crippen molar-refractivity contribution in [2.45, 2.75) is 37.3 Å². The summed E-state index contributed by atoms with van der Waals surface area (Å²) in [6.07, 6.45) is -6.53. The fraction of sp³-hybridized carbons (Fsp3) is 0.538. The Kier molecular flexibility index (Phi) is 4.92. The van der Waals surface area contributed by atoms with Crippen molar-refractivity contribution in [3.05, 3.63) is 29.8 Å². The molecule has 0 amide bonds. The molecule has 5 atom stereocenters. The maximum Gasteiger partial charge on any atom is 0.229 e. The highest BCUT2D eigenvalue weighted by molar-refractivity contribution is 5.27. The Balaban J connectivity index is 2.06. The van der Waals surface area contributed by atoms with Gasteiger partial charge in [-0.25, -0.2) is 0 Å². The molecular formula is C13H18O7. The molecule has 0 aromatic heterocycles. The molecule has 5 N–H and O–H groups in total. The van der Waals surface area contributed by atoms with Crippen LogP contribution < -0.4 is 4.74 Å². The molecule has 2 rings (SSSR count). The molecule has 7 heteroatoms. The lowest BCUT2D eigenvalue weighted by Gasteiger charge is -2.39.